The molecule has 3 rings (SSSR count). The van der Waals surface area contributed by atoms with Crippen molar-refractivity contribution >= 4 is 39.9 Å². The van der Waals surface area contributed by atoms with Crippen LogP contribution >= 0.6 is 11.6 Å². The van der Waals surface area contributed by atoms with E-state index in [0.29, 0.717) is 16.5 Å². The molecule has 0 bridgehead atoms. The molecule has 2 amide bonds. The van der Waals surface area contributed by atoms with Crippen molar-refractivity contribution in [3.8, 4) is 5.75 Å². The number of para-hydroxylation sites is 1. The van der Waals surface area contributed by atoms with Crippen LogP contribution in [0, 0.1) is 0 Å². The molecule has 0 saturated heterocycles. The lowest BCUT2D eigenvalue weighted by Gasteiger charge is -2.18. The first-order chi connectivity index (χ1) is 13.0. The minimum atomic E-state index is -0.317. The van der Waals surface area contributed by atoms with Crippen molar-refractivity contribution in [3.05, 3.63) is 71.8 Å². The Labute approximate surface area is 162 Å². The lowest BCUT2D eigenvalue weighted by atomic mass is 10.1. The van der Waals surface area contributed by atoms with Gasteiger partial charge in [0.15, 0.2) is 6.61 Å². The second-order valence-corrected chi connectivity index (χ2v) is 6.45. The summed E-state index contributed by atoms with van der Waals surface area (Å²) in [7, 11) is 1.56. The van der Waals surface area contributed by atoms with Crippen LogP contribution in [0.2, 0.25) is 5.02 Å². The summed E-state index contributed by atoms with van der Waals surface area (Å²) in [6.45, 7) is -0.268. The molecule has 0 aliphatic heterocycles. The van der Waals surface area contributed by atoms with Crippen LogP contribution in [-0.4, -0.2) is 36.9 Å². The van der Waals surface area contributed by atoms with Gasteiger partial charge in [-0.15, -0.1) is 0 Å². The van der Waals surface area contributed by atoms with Crippen molar-refractivity contribution in [2.24, 2.45) is 0 Å². The van der Waals surface area contributed by atoms with Gasteiger partial charge in [-0.2, -0.15) is 0 Å². The van der Waals surface area contributed by atoms with Crippen molar-refractivity contribution in [2.45, 2.75) is 0 Å². The van der Waals surface area contributed by atoms with Gasteiger partial charge in [0.25, 0.3) is 5.91 Å². The summed E-state index contributed by atoms with van der Waals surface area (Å²) in [5, 5.41) is 5.27. The van der Waals surface area contributed by atoms with Crippen LogP contribution in [0.3, 0.4) is 0 Å². The van der Waals surface area contributed by atoms with Crippen LogP contribution < -0.4 is 10.1 Å². The van der Waals surface area contributed by atoms with Gasteiger partial charge in [-0.1, -0.05) is 60.1 Å². The number of carbonyl (C=O) groups is 2. The highest BCUT2D eigenvalue weighted by Gasteiger charge is 2.15. The number of carbonyl (C=O) groups excluding carboxylic acids is 2. The number of fused-ring (bicyclic) bond motifs is 1. The molecule has 0 saturated carbocycles. The summed E-state index contributed by atoms with van der Waals surface area (Å²) >= 11 is 6.00. The van der Waals surface area contributed by atoms with Crippen LogP contribution in [0.5, 0.6) is 5.75 Å². The van der Waals surface area contributed by atoms with Gasteiger partial charge in [0.05, 0.1) is 11.6 Å². The van der Waals surface area contributed by atoms with E-state index in [0.717, 1.165) is 10.8 Å². The molecule has 3 aromatic rings. The number of hydrogen-bond donors (Lipinski definition) is 1. The number of rotatable bonds is 6. The molecule has 0 heterocycles. The maximum atomic E-state index is 12.3. The van der Waals surface area contributed by atoms with Gasteiger partial charge in [-0.05, 0) is 23.6 Å². The van der Waals surface area contributed by atoms with E-state index in [1.54, 1.807) is 31.3 Å². The van der Waals surface area contributed by atoms with Gasteiger partial charge in [-0.3, -0.25) is 9.59 Å². The molecule has 0 radical (unpaired) electrons. The average Bonchev–Trinajstić information content (AvgIpc) is 2.67. The van der Waals surface area contributed by atoms with Crippen molar-refractivity contribution in [1.29, 1.82) is 0 Å². The molecule has 0 aliphatic carbocycles. The predicted octanol–water partition coefficient (Wildman–Crippen LogP) is 3.97. The minimum absolute atomic E-state index is 0.0755. The number of likely N-dealkylation sites (N-methyl/N-ethyl adjacent to an activating group) is 1. The summed E-state index contributed by atoms with van der Waals surface area (Å²) < 4.78 is 5.42. The highest BCUT2D eigenvalue weighted by atomic mass is 35.5. The van der Waals surface area contributed by atoms with Gasteiger partial charge in [0, 0.05) is 18.1 Å². The Hall–Kier alpha value is -3.05. The number of halogens is 1. The zero-order chi connectivity index (χ0) is 19.2. The molecular formula is C21H19ClN2O3. The van der Waals surface area contributed by atoms with E-state index in [4.69, 9.17) is 16.3 Å². The molecule has 5 nitrogen and oxygen atoms in total. The van der Waals surface area contributed by atoms with Crippen LogP contribution in [0.15, 0.2) is 66.7 Å². The predicted molar refractivity (Wildman–Crippen MR) is 107 cm³/mol. The van der Waals surface area contributed by atoms with Crippen LogP contribution in [0.1, 0.15) is 0 Å². The first-order valence-corrected chi connectivity index (χ1v) is 8.81. The Morgan fingerprint density at radius 3 is 2.52 bits per heavy atom. The Morgan fingerprint density at radius 1 is 1.00 bits per heavy atom. The van der Waals surface area contributed by atoms with E-state index >= 15 is 0 Å². The number of hydrogen-bond acceptors (Lipinski definition) is 3. The smallest absolute Gasteiger partial charge is 0.260 e. The normalized spacial score (nSPS) is 10.4. The van der Waals surface area contributed by atoms with Gasteiger partial charge in [-0.25, -0.2) is 0 Å². The molecule has 1 N–H and O–H groups in total. The quantitative estimate of drug-likeness (QED) is 0.701. The molecule has 138 valence electrons. The lowest BCUT2D eigenvalue weighted by molar-refractivity contribution is -0.135. The van der Waals surface area contributed by atoms with Gasteiger partial charge < -0.3 is 15.0 Å². The van der Waals surface area contributed by atoms with E-state index in [1.807, 2.05) is 42.5 Å². The minimum Gasteiger partial charge on any atom is -0.482 e. The Balaban J connectivity index is 1.57. The van der Waals surface area contributed by atoms with Gasteiger partial charge in [0.1, 0.15) is 5.75 Å². The maximum absolute atomic E-state index is 12.3. The summed E-state index contributed by atoms with van der Waals surface area (Å²) in [6, 6.07) is 20.4. The topological polar surface area (TPSA) is 58.6 Å². The van der Waals surface area contributed by atoms with Crippen molar-refractivity contribution in [2.75, 3.05) is 25.5 Å². The van der Waals surface area contributed by atoms with Crippen LogP contribution in [-0.2, 0) is 9.59 Å². The van der Waals surface area contributed by atoms with Crippen LogP contribution in [0.25, 0.3) is 10.8 Å². The van der Waals surface area contributed by atoms with E-state index in [2.05, 4.69) is 5.32 Å². The van der Waals surface area contributed by atoms with E-state index in [-0.39, 0.29) is 25.0 Å². The monoisotopic (exact) mass is 382 g/mol. The summed E-state index contributed by atoms with van der Waals surface area (Å²) in [4.78, 5) is 25.9. The third-order valence-corrected chi connectivity index (χ3v) is 4.37. The second-order valence-electron chi connectivity index (χ2n) is 6.04. The lowest BCUT2D eigenvalue weighted by Crippen LogP contribution is -2.37. The van der Waals surface area contributed by atoms with Crippen molar-refractivity contribution in [1.82, 2.24) is 4.90 Å². The molecule has 6 heteroatoms. The molecule has 0 aromatic heterocycles. The number of benzene rings is 3. The van der Waals surface area contributed by atoms with Gasteiger partial charge >= 0.3 is 0 Å². The second kappa shape index (κ2) is 8.56. The Morgan fingerprint density at radius 2 is 1.70 bits per heavy atom. The fourth-order valence-corrected chi connectivity index (χ4v) is 2.83. The number of nitrogens with zero attached hydrogens (tertiary/aromatic N) is 1. The maximum Gasteiger partial charge on any atom is 0.260 e. The molecule has 0 aliphatic rings. The Bertz CT molecular complexity index is 969. The largest absolute Gasteiger partial charge is 0.482 e. The molecule has 0 atom stereocenters. The average molecular weight is 383 g/mol. The SMILES string of the molecule is CN(CC(=O)Nc1cccc2ccccc12)C(=O)COc1ccccc1Cl. The first-order valence-electron chi connectivity index (χ1n) is 8.43. The van der Waals surface area contributed by atoms with Crippen LogP contribution in [0.4, 0.5) is 5.69 Å². The standard InChI is InChI=1S/C21H19ClN2O3/c1-24(21(26)14-27-19-12-5-4-10-17(19)22)13-20(25)23-18-11-6-8-15-7-2-3-9-16(15)18/h2-12H,13-14H2,1H3,(H,23,25). The highest BCUT2D eigenvalue weighted by Crippen LogP contribution is 2.24. The molecule has 0 spiro atoms. The highest BCUT2D eigenvalue weighted by molar-refractivity contribution is 6.32. The van der Waals surface area contributed by atoms with Gasteiger partial charge in [0.2, 0.25) is 5.91 Å². The third-order valence-electron chi connectivity index (χ3n) is 4.06. The number of ether oxygens (including phenoxy) is 1. The van der Waals surface area contributed by atoms with Crippen molar-refractivity contribution in [3.63, 3.8) is 0 Å². The van der Waals surface area contributed by atoms with E-state index < -0.39 is 0 Å². The molecular weight excluding hydrogens is 364 g/mol. The number of amides is 2. The molecule has 3 aromatic carbocycles. The molecule has 0 fully saturated rings. The summed E-state index contributed by atoms with van der Waals surface area (Å²) in [5.41, 5.74) is 0.714. The van der Waals surface area contributed by atoms with E-state index in [9.17, 15) is 9.59 Å². The Kier molecular flexibility index (Phi) is 5.94. The zero-order valence-electron chi connectivity index (χ0n) is 14.8. The van der Waals surface area contributed by atoms with Crippen molar-refractivity contribution < 1.29 is 14.3 Å². The first kappa shape index (κ1) is 18.7. The number of anilines is 1. The molecule has 27 heavy (non-hydrogen) atoms. The fourth-order valence-electron chi connectivity index (χ4n) is 2.64. The third kappa shape index (κ3) is 4.77. The summed E-state index contributed by atoms with van der Waals surface area (Å²) in [6.07, 6.45) is 0. The fraction of sp³-hybridized carbons (Fsp3) is 0.143. The molecule has 0 unspecified atom stereocenters. The summed E-state index contributed by atoms with van der Waals surface area (Å²) in [5.74, 6) is -0.163. The number of nitrogens with one attached hydrogen (secondary N) is 1. The zero-order valence-corrected chi connectivity index (χ0v) is 15.6. The van der Waals surface area contributed by atoms with E-state index in [1.165, 1.54) is 4.90 Å².